The van der Waals surface area contributed by atoms with Crippen LogP contribution in [0.2, 0.25) is 0 Å². The molecule has 1 saturated carbocycles. The predicted octanol–water partition coefficient (Wildman–Crippen LogP) is 2.83. The Labute approximate surface area is 83.6 Å². The van der Waals surface area contributed by atoms with Crippen LogP contribution in [-0.4, -0.2) is 5.11 Å². The lowest BCUT2D eigenvalue weighted by Crippen LogP contribution is -2.28. The van der Waals surface area contributed by atoms with Crippen LogP contribution in [0.1, 0.15) is 31.7 Å². The monoisotopic (exact) mass is 194 g/mol. The van der Waals surface area contributed by atoms with Gasteiger partial charge in [-0.3, -0.25) is 0 Å². The second kappa shape index (κ2) is 3.35. The normalized spacial score (nSPS) is 32.1. The molecule has 1 N–H and O–H groups in total. The summed E-state index contributed by atoms with van der Waals surface area (Å²) in [6.07, 6.45) is 2.89. The summed E-state index contributed by atoms with van der Waals surface area (Å²) in [7, 11) is 0. The van der Waals surface area contributed by atoms with Gasteiger partial charge < -0.3 is 5.11 Å². The summed E-state index contributed by atoms with van der Waals surface area (Å²) >= 11 is 0. The molecule has 1 nitrogen and oxygen atoms in total. The molecular weight excluding hydrogens is 179 g/mol. The average Bonchev–Trinajstić information content (AvgIpc) is 2.49. The molecule has 0 spiro atoms. The quantitative estimate of drug-likeness (QED) is 0.728. The summed E-state index contributed by atoms with van der Waals surface area (Å²) in [5.74, 6) is 0.0240. The van der Waals surface area contributed by atoms with Crippen molar-refractivity contribution >= 4 is 0 Å². The van der Waals surface area contributed by atoms with E-state index in [0.717, 1.165) is 24.8 Å². The molecule has 1 fully saturated rings. The average molecular weight is 194 g/mol. The summed E-state index contributed by atoms with van der Waals surface area (Å²) < 4.78 is 12.7. The van der Waals surface area contributed by atoms with Crippen LogP contribution >= 0.6 is 0 Å². The summed E-state index contributed by atoms with van der Waals surface area (Å²) in [6, 6.07) is 6.21. The SMILES string of the molecule is C[C@H]1CCC[C@]1(O)c1ccc(F)cc1. The standard InChI is InChI=1S/C12H15FO/c1-9-3-2-8-12(9,14)10-4-6-11(13)7-5-10/h4-7,9,14H,2-3,8H2,1H3/t9-,12+/m0/s1. The zero-order valence-electron chi connectivity index (χ0n) is 8.33. The van der Waals surface area contributed by atoms with Gasteiger partial charge in [-0.05, 0) is 42.9 Å². The molecule has 0 unspecified atom stereocenters. The summed E-state index contributed by atoms with van der Waals surface area (Å²) in [4.78, 5) is 0. The maximum absolute atomic E-state index is 12.7. The van der Waals surface area contributed by atoms with Gasteiger partial charge in [0.25, 0.3) is 0 Å². The Balaban J connectivity index is 2.34. The molecule has 0 radical (unpaired) electrons. The highest BCUT2D eigenvalue weighted by Crippen LogP contribution is 2.43. The first-order valence-corrected chi connectivity index (χ1v) is 5.11. The Bertz CT molecular complexity index is 320. The maximum Gasteiger partial charge on any atom is 0.123 e. The third kappa shape index (κ3) is 1.44. The fourth-order valence-corrected chi connectivity index (χ4v) is 2.33. The lowest BCUT2D eigenvalue weighted by atomic mass is 9.85. The first kappa shape index (κ1) is 9.66. The Morgan fingerprint density at radius 2 is 2.00 bits per heavy atom. The van der Waals surface area contributed by atoms with Crippen molar-refractivity contribution in [3.63, 3.8) is 0 Å². The molecule has 2 atom stereocenters. The van der Waals surface area contributed by atoms with Crippen LogP contribution < -0.4 is 0 Å². The second-order valence-corrected chi connectivity index (χ2v) is 4.22. The first-order valence-electron chi connectivity index (χ1n) is 5.11. The van der Waals surface area contributed by atoms with Crippen molar-refractivity contribution in [2.45, 2.75) is 31.8 Å². The van der Waals surface area contributed by atoms with Crippen LogP contribution in [0.25, 0.3) is 0 Å². The van der Waals surface area contributed by atoms with Crippen LogP contribution in [0.3, 0.4) is 0 Å². The third-order valence-electron chi connectivity index (χ3n) is 3.35. The largest absolute Gasteiger partial charge is 0.385 e. The van der Waals surface area contributed by atoms with Crippen LogP contribution in [0.15, 0.2) is 24.3 Å². The topological polar surface area (TPSA) is 20.2 Å². The van der Waals surface area contributed by atoms with Crippen molar-refractivity contribution in [1.82, 2.24) is 0 Å². The fourth-order valence-electron chi connectivity index (χ4n) is 2.33. The molecular formula is C12H15FO. The van der Waals surface area contributed by atoms with Gasteiger partial charge in [-0.15, -0.1) is 0 Å². The highest BCUT2D eigenvalue weighted by molar-refractivity contribution is 5.24. The number of benzene rings is 1. The van der Waals surface area contributed by atoms with Crippen molar-refractivity contribution in [2.24, 2.45) is 5.92 Å². The fraction of sp³-hybridized carbons (Fsp3) is 0.500. The number of hydrogen-bond acceptors (Lipinski definition) is 1. The summed E-state index contributed by atoms with van der Waals surface area (Å²) in [6.45, 7) is 2.05. The molecule has 0 saturated heterocycles. The molecule has 0 aliphatic heterocycles. The maximum atomic E-state index is 12.7. The lowest BCUT2D eigenvalue weighted by Gasteiger charge is -2.28. The molecule has 0 aromatic heterocycles. The van der Waals surface area contributed by atoms with Crippen molar-refractivity contribution in [3.05, 3.63) is 35.6 Å². The van der Waals surface area contributed by atoms with E-state index in [0.29, 0.717) is 0 Å². The smallest absolute Gasteiger partial charge is 0.123 e. The van der Waals surface area contributed by atoms with Gasteiger partial charge in [-0.1, -0.05) is 19.1 Å². The van der Waals surface area contributed by atoms with Gasteiger partial charge in [-0.25, -0.2) is 4.39 Å². The van der Waals surface area contributed by atoms with Gasteiger partial charge in [0.15, 0.2) is 0 Å². The van der Waals surface area contributed by atoms with Crippen LogP contribution in [-0.2, 0) is 5.60 Å². The minimum Gasteiger partial charge on any atom is -0.385 e. The van der Waals surface area contributed by atoms with Gasteiger partial charge in [0, 0.05) is 0 Å². The van der Waals surface area contributed by atoms with Gasteiger partial charge in [0.1, 0.15) is 5.82 Å². The van der Waals surface area contributed by atoms with Crippen LogP contribution in [0.5, 0.6) is 0 Å². The zero-order valence-corrected chi connectivity index (χ0v) is 8.33. The van der Waals surface area contributed by atoms with Crippen molar-refractivity contribution < 1.29 is 9.50 Å². The van der Waals surface area contributed by atoms with E-state index in [-0.39, 0.29) is 11.7 Å². The van der Waals surface area contributed by atoms with Crippen LogP contribution in [0, 0.1) is 11.7 Å². The van der Waals surface area contributed by atoms with Gasteiger partial charge >= 0.3 is 0 Å². The molecule has 1 aliphatic carbocycles. The van der Waals surface area contributed by atoms with E-state index in [1.807, 2.05) is 0 Å². The highest BCUT2D eigenvalue weighted by atomic mass is 19.1. The number of hydrogen-bond donors (Lipinski definition) is 1. The zero-order chi connectivity index (χ0) is 10.2. The van der Waals surface area contributed by atoms with E-state index in [9.17, 15) is 9.50 Å². The van der Waals surface area contributed by atoms with E-state index in [4.69, 9.17) is 0 Å². The molecule has 0 amide bonds. The molecule has 2 heteroatoms. The minimum atomic E-state index is -0.728. The van der Waals surface area contributed by atoms with E-state index in [2.05, 4.69) is 6.92 Å². The molecule has 76 valence electrons. The molecule has 0 bridgehead atoms. The number of halogens is 1. The third-order valence-corrected chi connectivity index (χ3v) is 3.35. The molecule has 2 rings (SSSR count). The van der Waals surface area contributed by atoms with E-state index < -0.39 is 5.60 Å². The molecule has 1 aromatic carbocycles. The second-order valence-electron chi connectivity index (χ2n) is 4.22. The van der Waals surface area contributed by atoms with Crippen molar-refractivity contribution in [3.8, 4) is 0 Å². The van der Waals surface area contributed by atoms with Gasteiger partial charge in [0.05, 0.1) is 5.60 Å². The summed E-state index contributed by atoms with van der Waals surface area (Å²) in [5.41, 5.74) is 0.122. The van der Waals surface area contributed by atoms with E-state index in [1.165, 1.54) is 12.1 Å². The number of aliphatic hydroxyl groups is 1. The van der Waals surface area contributed by atoms with E-state index in [1.54, 1.807) is 12.1 Å². The Morgan fingerprint density at radius 3 is 2.50 bits per heavy atom. The number of rotatable bonds is 1. The Morgan fingerprint density at radius 1 is 1.36 bits per heavy atom. The highest BCUT2D eigenvalue weighted by Gasteiger charge is 2.39. The lowest BCUT2D eigenvalue weighted by molar-refractivity contribution is 0.00444. The first-order chi connectivity index (χ1) is 6.63. The molecule has 14 heavy (non-hydrogen) atoms. The van der Waals surface area contributed by atoms with Crippen molar-refractivity contribution in [1.29, 1.82) is 0 Å². The Kier molecular flexibility index (Phi) is 2.31. The minimum absolute atomic E-state index is 0.247. The van der Waals surface area contributed by atoms with E-state index >= 15 is 0 Å². The summed E-state index contributed by atoms with van der Waals surface area (Å²) in [5, 5.41) is 10.4. The van der Waals surface area contributed by atoms with Crippen LogP contribution in [0.4, 0.5) is 4.39 Å². The van der Waals surface area contributed by atoms with Gasteiger partial charge in [0.2, 0.25) is 0 Å². The van der Waals surface area contributed by atoms with Gasteiger partial charge in [-0.2, -0.15) is 0 Å². The Hall–Kier alpha value is -0.890. The van der Waals surface area contributed by atoms with Crippen molar-refractivity contribution in [2.75, 3.05) is 0 Å². The molecule has 1 aromatic rings. The predicted molar refractivity (Wildman–Crippen MR) is 53.3 cm³/mol. The molecule has 0 heterocycles. The molecule has 1 aliphatic rings.